The van der Waals surface area contributed by atoms with Gasteiger partial charge in [-0.15, -0.1) is 0 Å². The lowest BCUT2D eigenvalue weighted by Gasteiger charge is -2.25. The Morgan fingerprint density at radius 2 is 1.21 bits per heavy atom. The topological polar surface area (TPSA) is 74.5 Å². The van der Waals surface area contributed by atoms with Crippen molar-refractivity contribution in [3.05, 3.63) is 58.7 Å². The van der Waals surface area contributed by atoms with Gasteiger partial charge < -0.3 is 0 Å². The summed E-state index contributed by atoms with van der Waals surface area (Å²) in [6.07, 6.45) is 0. The Hall–Kier alpha value is -1.74. The molecule has 186 valence electrons. The minimum absolute atomic E-state index is 0.0548. The Kier molecular flexibility index (Phi) is 6.51. The van der Waals surface area contributed by atoms with Gasteiger partial charge in [-0.1, -0.05) is 71.4 Å². The van der Waals surface area contributed by atoms with Gasteiger partial charge in [0.25, 0.3) is 0 Å². The van der Waals surface area contributed by atoms with E-state index in [0.29, 0.717) is 10.8 Å². The van der Waals surface area contributed by atoms with Crippen molar-refractivity contribution in [1.82, 2.24) is 8.61 Å². The van der Waals surface area contributed by atoms with Crippen LogP contribution in [0.2, 0.25) is 0 Å². The zero-order chi connectivity index (χ0) is 25.2. The van der Waals surface area contributed by atoms with Gasteiger partial charge in [-0.05, 0) is 53.5 Å². The molecule has 2 saturated heterocycles. The fraction of sp³-hybridized carbons (Fsp3) is 0.538. The molecule has 2 fully saturated rings. The van der Waals surface area contributed by atoms with Crippen molar-refractivity contribution in [1.29, 1.82) is 0 Å². The largest absolute Gasteiger partial charge is 0.244 e. The van der Waals surface area contributed by atoms with Crippen molar-refractivity contribution < 1.29 is 16.8 Å². The molecule has 0 bridgehead atoms. The molecule has 2 unspecified atom stereocenters. The van der Waals surface area contributed by atoms with Crippen LogP contribution in [0.1, 0.15) is 81.5 Å². The van der Waals surface area contributed by atoms with Gasteiger partial charge >= 0.3 is 0 Å². The third-order valence-corrected chi connectivity index (χ3v) is 11.0. The van der Waals surface area contributed by atoms with E-state index in [9.17, 15) is 16.8 Å². The van der Waals surface area contributed by atoms with Crippen LogP contribution in [0.25, 0.3) is 0 Å². The highest BCUT2D eigenvalue weighted by Crippen LogP contribution is 2.46. The quantitative estimate of drug-likeness (QED) is 0.507. The average molecular weight is 505 g/mol. The van der Waals surface area contributed by atoms with Gasteiger partial charge in [-0.3, -0.25) is 0 Å². The summed E-state index contributed by atoms with van der Waals surface area (Å²) >= 11 is 0. The van der Waals surface area contributed by atoms with Crippen molar-refractivity contribution in [2.45, 2.75) is 88.1 Å². The molecule has 0 amide bonds. The number of benzene rings is 2. The molecule has 0 radical (unpaired) electrons. The number of aryl methyl sites for hydroxylation is 1. The fourth-order valence-corrected chi connectivity index (χ4v) is 8.86. The molecular weight excluding hydrogens is 468 g/mol. The van der Waals surface area contributed by atoms with E-state index >= 15 is 0 Å². The van der Waals surface area contributed by atoms with E-state index in [1.54, 1.807) is 24.3 Å². The van der Waals surface area contributed by atoms with Crippen LogP contribution in [0, 0.1) is 6.92 Å². The van der Waals surface area contributed by atoms with Crippen molar-refractivity contribution >= 4 is 20.0 Å². The summed E-state index contributed by atoms with van der Waals surface area (Å²) in [6.45, 7) is 14.7. The molecule has 2 heterocycles. The van der Waals surface area contributed by atoms with E-state index in [-0.39, 0.29) is 41.9 Å². The first-order valence-electron chi connectivity index (χ1n) is 12.0. The lowest BCUT2D eigenvalue weighted by Crippen LogP contribution is -2.36. The molecule has 0 spiro atoms. The smallest absolute Gasteiger partial charge is 0.207 e. The molecule has 8 heteroatoms. The molecule has 2 aromatic carbocycles. The molecule has 0 aromatic heterocycles. The second kappa shape index (κ2) is 8.73. The van der Waals surface area contributed by atoms with E-state index in [0.717, 1.165) is 22.3 Å². The minimum atomic E-state index is -3.75. The first kappa shape index (κ1) is 25.4. The monoisotopic (exact) mass is 504 g/mol. The fourth-order valence-electron chi connectivity index (χ4n) is 4.91. The van der Waals surface area contributed by atoms with Crippen LogP contribution >= 0.6 is 0 Å². The highest BCUT2D eigenvalue weighted by molar-refractivity contribution is 7.90. The van der Waals surface area contributed by atoms with Crippen LogP contribution < -0.4 is 0 Å². The molecule has 2 aromatic rings. The van der Waals surface area contributed by atoms with Crippen molar-refractivity contribution in [2.75, 3.05) is 13.1 Å². The van der Waals surface area contributed by atoms with Crippen LogP contribution in [0.5, 0.6) is 0 Å². The number of rotatable bonds is 7. The molecule has 4 rings (SSSR count). The number of hydrogen-bond donors (Lipinski definition) is 0. The van der Waals surface area contributed by atoms with E-state index in [4.69, 9.17) is 0 Å². The van der Waals surface area contributed by atoms with E-state index in [1.807, 2.05) is 46.8 Å². The average Bonchev–Trinajstić information content (AvgIpc) is 3.28. The SMILES string of the molecule is Cc1ccc(S(=O)(=O)N2CC3C(C2)N3S(=O)(=O)c2c(C(C)C)cc(C(C)C)cc2C(C)C)cc1. The van der Waals surface area contributed by atoms with Gasteiger partial charge in [0.05, 0.1) is 21.9 Å². The first-order chi connectivity index (χ1) is 15.8. The molecule has 6 nitrogen and oxygen atoms in total. The van der Waals surface area contributed by atoms with E-state index in [1.165, 1.54) is 8.61 Å². The molecular formula is C26H36N2O4S2. The highest BCUT2D eigenvalue weighted by Gasteiger charge is 2.62. The summed E-state index contributed by atoms with van der Waals surface area (Å²) in [6, 6.07) is 10.3. The molecule has 0 saturated carbocycles. The maximum atomic E-state index is 14.0. The Labute approximate surface area is 205 Å². The summed E-state index contributed by atoms with van der Waals surface area (Å²) in [4.78, 5) is 0.673. The van der Waals surface area contributed by atoms with Crippen molar-refractivity contribution in [2.24, 2.45) is 0 Å². The Balaban J connectivity index is 1.65. The molecule has 34 heavy (non-hydrogen) atoms. The second-order valence-electron chi connectivity index (χ2n) is 10.6. The van der Waals surface area contributed by atoms with Crippen LogP contribution in [-0.2, 0) is 20.0 Å². The van der Waals surface area contributed by atoms with Crippen LogP contribution in [-0.4, -0.2) is 50.6 Å². The molecule has 0 aliphatic carbocycles. The van der Waals surface area contributed by atoms with E-state index in [2.05, 4.69) is 13.8 Å². The highest BCUT2D eigenvalue weighted by atomic mass is 32.2. The number of hydrogen-bond acceptors (Lipinski definition) is 4. The summed E-state index contributed by atoms with van der Waals surface area (Å²) in [7, 11) is -7.38. The lowest BCUT2D eigenvalue weighted by molar-refractivity contribution is 0.407. The third kappa shape index (κ3) is 4.23. The molecule has 2 aliphatic heterocycles. The van der Waals surface area contributed by atoms with Crippen molar-refractivity contribution in [3.8, 4) is 0 Å². The van der Waals surface area contributed by atoms with Gasteiger partial charge in [-0.25, -0.2) is 16.8 Å². The Morgan fingerprint density at radius 3 is 1.62 bits per heavy atom. The van der Waals surface area contributed by atoms with Gasteiger partial charge in [0.2, 0.25) is 20.0 Å². The number of piperazine rings is 1. The minimum Gasteiger partial charge on any atom is -0.207 e. The summed E-state index contributed by atoms with van der Waals surface area (Å²) in [5.74, 6) is 0.409. The van der Waals surface area contributed by atoms with Crippen LogP contribution in [0.4, 0.5) is 0 Å². The second-order valence-corrected chi connectivity index (χ2v) is 14.3. The summed E-state index contributed by atoms with van der Waals surface area (Å²) in [5, 5.41) is 0. The van der Waals surface area contributed by atoms with Gasteiger partial charge in [0.15, 0.2) is 0 Å². The molecule has 0 N–H and O–H groups in total. The normalized spacial score (nSPS) is 23.2. The van der Waals surface area contributed by atoms with Gasteiger partial charge in [0, 0.05) is 13.1 Å². The van der Waals surface area contributed by atoms with Crippen LogP contribution in [0.3, 0.4) is 0 Å². The predicted octanol–water partition coefficient (Wildman–Crippen LogP) is 4.81. The van der Waals surface area contributed by atoms with Crippen LogP contribution in [0.15, 0.2) is 46.2 Å². The van der Waals surface area contributed by atoms with Gasteiger partial charge in [0.1, 0.15) is 0 Å². The van der Waals surface area contributed by atoms with E-state index < -0.39 is 20.0 Å². The predicted molar refractivity (Wildman–Crippen MR) is 135 cm³/mol. The molecule has 2 aliphatic rings. The zero-order valence-corrected chi connectivity index (χ0v) is 22.7. The maximum Gasteiger partial charge on any atom is 0.244 e. The van der Waals surface area contributed by atoms with Crippen molar-refractivity contribution in [3.63, 3.8) is 0 Å². The lowest BCUT2D eigenvalue weighted by atomic mass is 9.89. The first-order valence-corrected chi connectivity index (χ1v) is 14.9. The third-order valence-electron chi connectivity index (χ3n) is 7.06. The number of nitrogens with zero attached hydrogens (tertiary/aromatic N) is 2. The zero-order valence-electron chi connectivity index (χ0n) is 21.1. The van der Waals surface area contributed by atoms with Gasteiger partial charge in [-0.2, -0.15) is 8.61 Å². The standard InChI is InChI=1S/C26H36N2O4S2/c1-16(2)20-12-22(17(3)4)26(23(13-20)18(5)6)34(31,32)28-24-14-27(15-25(24)28)33(29,30)21-10-8-19(7)9-11-21/h8-13,16-18,24-25H,14-15H2,1-7H3. The Morgan fingerprint density at radius 1 is 0.735 bits per heavy atom. The molecule has 2 atom stereocenters. The summed E-state index contributed by atoms with van der Waals surface area (Å²) < 4.78 is 57.1. The number of fused-ring (bicyclic) bond motifs is 1. The maximum absolute atomic E-state index is 14.0. The Bertz CT molecular complexity index is 1260. The number of sulfonamides is 2. The summed E-state index contributed by atoms with van der Waals surface area (Å²) in [5.41, 5.74) is 3.84.